The zero-order chi connectivity index (χ0) is 19.8. The predicted molar refractivity (Wildman–Crippen MR) is 110 cm³/mol. The van der Waals surface area contributed by atoms with E-state index in [2.05, 4.69) is 30.6 Å². The minimum absolute atomic E-state index is 0.0187. The molecule has 7 heteroatoms. The van der Waals surface area contributed by atoms with Crippen LogP contribution in [0.2, 0.25) is 0 Å². The van der Waals surface area contributed by atoms with Gasteiger partial charge in [-0.25, -0.2) is 0 Å². The number of amides is 2. The van der Waals surface area contributed by atoms with Crippen molar-refractivity contribution >= 4 is 35.2 Å². The van der Waals surface area contributed by atoms with Gasteiger partial charge in [0.15, 0.2) is 5.11 Å². The van der Waals surface area contributed by atoms with Crippen molar-refractivity contribution in [3.8, 4) is 5.75 Å². The van der Waals surface area contributed by atoms with Crippen LogP contribution in [0.25, 0.3) is 6.08 Å². The Kier molecular flexibility index (Phi) is 7.69. The Morgan fingerprint density at radius 2 is 1.96 bits per heavy atom. The number of hydrogen-bond donors (Lipinski definition) is 1. The summed E-state index contributed by atoms with van der Waals surface area (Å²) < 4.78 is 5.89. The second-order valence-corrected chi connectivity index (χ2v) is 6.32. The van der Waals surface area contributed by atoms with E-state index in [0.29, 0.717) is 17.9 Å². The van der Waals surface area contributed by atoms with Crippen molar-refractivity contribution in [2.75, 3.05) is 32.8 Å². The lowest BCUT2D eigenvalue weighted by Gasteiger charge is -2.27. The van der Waals surface area contributed by atoms with Gasteiger partial charge in [0.1, 0.15) is 17.9 Å². The van der Waals surface area contributed by atoms with Crippen LogP contribution in [0.5, 0.6) is 5.75 Å². The quantitative estimate of drug-likeness (QED) is 0.305. The first-order chi connectivity index (χ1) is 13.0. The number of ether oxygens (including phenoxy) is 1. The summed E-state index contributed by atoms with van der Waals surface area (Å²) in [6, 6.07) is 7.33. The highest BCUT2D eigenvalue weighted by molar-refractivity contribution is 7.80. The molecule has 6 nitrogen and oxygen atoms in total. The van der Waals surface area contributed by atoms with E-state index in [1.165, 1.54) is 4.90 Å². The predicted octanol–water partition coefficient (Wildman–Crippen LogP) is 2.22. The average Bonchev–Trinajstić information content (AvgIpc) is 2.66. The van der Waals surface area contributed by atoms with Crippen LogP contribution in [0.15, 0.2) is 42.5 Å². The van der Waals surface area contributed by atoms with Gasteiger partial charge in [-0.2, -0.15) is 0 Å². The molecule has 0 unspecified atom stereocenters. The van der Waals surface area contributed by atoms with E-state index in [9.17, 15) is 9.59 Å². The van der Waals surface area contributed by atoms with Crippen molar-refractivity contribution < 1.29 is 14.3 Å². The first-order valence-electron chi connectivity index (χ1n) is 8.95. The van der Waals surface area contributed by atoms with Crippen LogP contribution in [-0.2, 0) is 9.59 Å². The van der Waals surface area contributed by atoms with Crippen LogP contribution in [0.1, 0.15) is 19.4 Å². The minimum Gasteiger partial charge on any atom is -0.492 e. The molecule has 1 N–H and O–H groups in total. The first-order valence-corrected chi connectivity index (χ1v) is 9.36. The highest BCUT2D eigenvalue weighted by Gasteiger charge is 2.32. The molecule has 0 bridgehead atoms. The van der Waals surface area contributed by atoms with Gasteiger partial charge in [0.2, 0.25) is 0 Å². The number of rotatable bonds is 9. The van der Waals surface area contributed by atoms with Gasteiger partial charge in [-0.3, -0.25) is 19.8 Å². The van der Waals surface area contributed by atoms with E-state index in [4.69, 9.17) is 17.0 Å². The van der Waals surface area contributed by atoms with Gasteiger partial charge in [0.05, 0.1) is 0 Å². The number of carbonyl (C=O) groups is 2. The summed E-state index contributed by atoms with van der Waals surface area (Å²) in [4.78, 5) is 28.5. The van der Waals surface area contributed by atoms with Crippen LogP contribution in [-0.4, -0.2) is 59.5 Å². The largest absolute Gasteiger partial charge is 0.492 e. The number of para-hydroxylation sites is 1. The Labute approximate surface area is 165 Å². The molecule has 27 heavy (non-hydrogen) atoms. The molecule has 1 heterocycles. The number of nitrogens with one attached hydrogen (secondary N) is 1. The summed E-state index contributed by atoms with van der Waals surface area (Å²) in [5.74, 6) is -0.328. The van der Waals surface area contributed by atoms with Crippen molar-refractivity contribution in [3.63, 3.8) is 0 Å². The molecule has 1 aliphatic heterocycles. The Bertz CT molecular complexity index is 757. The Balaban J connectivity index is 2.22. The normalized spacial score (nSPS) is 16.0. The van der Waals surface area contributed by atoms with Gasteiger partial charge in [-0.15, -0.1) is 6.58 Å². The third-order valence-corrected chi connectivity index (χ3v) is 4.60. The van der Waals surface area contributed by atoms with Gasteiger partial charge < -0.3 is 9.64 Å². The summed E-state index contributed by atoms with van der Waals surface area (Å²) >= 11 is 5.06. The van der Waals surface area contributed by atoms with Crippen molar-refractivity contribution in [2.45, 2.75) is 13.8 Å². The second-order valence-electron chi connectivity index (χ2n) is 5.93. The number of hydrogen-bond acceptors (Lipinski definition) is 5. The lowest BCUT2D eigenvalue weighted by molar-refractivity contribution is -0.128. The maximum Gasteiger partial charge on any atom is 0.265 e. The highest BCUT2D eigenvalue weighted by Crippen LogP contribution is 2.23. The average molecular weight is 388 g/mol. The smallest absolute Gasteiger partial charge is 0.265 e. The van der Waals surface area contributed by atoms with Crippen molar-refractivity contribution in [1.29, 1.82) is 0 Å². The number of nitrogens with zero attached hydrogens (tertiary/aromatic N) is 2. The molecule has 0 radical (unpaired) electrons. The van der Waals surface area contributed by atoms with Crippen molar-refractivity contribution in [2.24, 2.45) is 0 Å². The van der Waals surface area contributed by atoms with Crippen LogP contribution in [0, 0.1) is 0 Å². The molecule has 2 rings (SSSR count). The Morgan fingerprint density at radius 1 is 1.26 bits per heavy atom. The van der Waals surface area contributed by atoms with Gasteiger partial charge in [0.25, 0.3) is 11.8 Å². The number of likely N-dealkylation sites (N-methyl/N-ethyl adjacent to an activating group) is 1. The molecule has 0 saturated carbocycles. The molecule has 1 saturated heterocycles. The first kappa shape index (κ1) is 20.8. The minimum atomic E-state index is -0.511. The van der Waals surface area contributed by atoms with Crippen molar-refractivity contribution in [3.05, 3.63) is 48.1 Å². The van der Waals surface area contributed by atoms with E-state index in [0.717, 1.165) is 19.6 Å². The molecule has 0 aromatic heterocycles. The SMILES string of the molecule is C=CCN1C(=O)/C(=C/c2ccccc2OCCN(CC)CC)C(=O)NC1=S. The second kappa shape index (κ2) is 9.99. The van der Waals surface area contributed by atoms with E-state index in [1.54, 1.807) is 12.2 Å². The molecule has 1 aromatic carbocycles. The summed E-state index contributed by atoms with van der Waals surface area (Å²) in [5.41, 5.74) is 0.687. The van der Waals surface area contributed by atoms with Gasteiger partial charge in [0, 0.05) is 18.7 Å². The summed E-state index contributed by atoms with van der Waals surface area (Å²) in [7, 11) is 0. The van der Waals surface area contributed by atoms with E-state index < -0.39 is 11.8 Å². The third-order valence-electron chi connectivity index (χ3n) is 4.28. The number of carbonyl (C=O) groups excluding carboxylic acids is 2. The van der Waals surface area contributed by atoms with E-state index in [-0.39, 0.29) is 17.2 Å². The van der Waals surface area contributed by atoms with Gasteiger partial charge in [-0.1, -0.05) is 38.1 Å². The maximum atomic E-state index is 12.6. The molecular weight excluding hydrogens is 362 g/mol. The molecule has 0 atom stereocenters. The molecule has 1 aliphatic rings. The summed E-state index contributed by atoms with van der Waals surface area (Å²) in [5, 5.41) is 2.63. The zero-order valence-corrected chi connectivity index (χ0v) is 16.6. The molecule has 2 amide bonds. The van der Waals surface area contributed by atoms with Gasteiger partial charge in [-0.05, 0) is 37.4 Å². The maximum absolute atomic E-state index is 12.6. The van der Waals surface area contributed by atoms with Crippen LogP contribution in [0.4, 0.5) is 0 Å². The number of thiocarbonyl (C=S) groups is 1. The lowest BCUT2D eigenvalue weighted by atomic mass is 10.1. The van der Waals surface area contributed by atoms with Crippen LogP contribution in [0.3, 0.4) is 0 Å². The highest BCUT2D eigenvalue weighted by atomic mass is 32.1. The molecule has 1 fully saturated rings. The fraction of sp³-hybridized carbons (Fsp3) is 0.350. The standard InChI is InChI=1S/C20H25N3O3S/c1-4-11-23-19(25)16(18(24)21-20(23)27)14-15-9-7-8-10-17(15)26-13-12-22(5-2)6-3/h4,7-10,14H,1,5-6,11-13H2,2-3H3,(H,21,24,27)/b16-14+. The summed E-state index contributed by atoms with van der Waals surface area (Å²) in [6.45, 7) is 11.3. The topological polar surface area (TPSA) is 61.9 Å². The van der Waals surface area contributed by atoms with Crippen LogP contribution < -0.4 is 10.1 Å². The fourth-order valence-electron chi connectivity index (χ4n) is 2.70. The Morgan fingerprint density at radius 3 is 2.63 bits per heavy atom. The monoisotopic (exact) mass is 387 g/mol. The molecule has 144 valence electrons. The van der Waals surface area contributed by atoms with Crippen LogP contribution >= 0.6 is 12.2 Å². The number of benzene rings is 1. The molecule has 0 spiro atoms. The molecule has 1 aromatic rings. The Hall–Kier alpha value is -2.51. The van der Waals surface area contributed by atoms with E-state index in [1.807, 2.05) is 24.3 Å². The summed E-state index contributed by atoms with van der Waals surface area (Å²) in [6.07, 6.45) is 3.10. The lowest BCUT2D eigenvalue weighted by Crippen LogP contribution is -2.53. The molecular formula is C20H25N3O3S. The molecule has 0 aliphatic carbocycles. The van der Waals surface area contributed by atoms with Crippen molar-refractivity contribution in [1.82, 2.24) is 15.1 Å². The van der Waals surface area contributed by atoms with E-state index >= 15 is 0 Å². The zero-order valence-electron chi connectivity index (χ0n) is 15.7. The third kappa shape index (κ3) is 5.24. The fourth-order valence-corrected chi connectivity index (χ4v) is 2.95. The van der Waals surface area contributed by atoms with Gasteiger partial charge >= 0.3 is 0 Å².